The standard InChI is InChI=1S/C19H18N2O2S.In.3H/c1-14-7-11-17(12-8-14)24(22,23)21-20-13-19-15(2)9-10-16-5-3-4-6-18(16)19;;;;/h3-13,21H,1-2H3;;;;/b20-13+;;;;. The number of nitrogens with zero attached hydrogens (tertiary/aromatic N) is 1. The maximum absolute atomic E-state index is 12.3. The fourth-order valence-corrected chi connectivity index (χ4v) is 3.30. The van der Waals surface area contributed by atoms with Gasteiger partial charge in [-0.15, -0.1) is 0 Å². The van der Waals surface area contributed by atoms with Gasteiger partial charge in [-0.1, -0.05) is 54.1 Å². The molecule has 25 heavy (non-hydrogen) atoms. The van der Waals surface area contributed by atoms with Gasteiger partial charge in [0.05, 0.1) is 11.1 Å². The third-order valence-electron chi connectivity index (χ3n) is 3.89. The molecule has 0 spiro atoms. The molecule has 6 heteroatoms. The van der Waals surface area contributed by atoms with E-state index < -0.39 is 10.0 Å². The van der Waals surface area contributed by atoms with E-state index in [0.29, 0.717) is 0 Å². The summed E-state index contributed by atoms with van der Waals surface area (Å²) in [5.41, 5.74) is 2.94. The monoisotopic (exact) mass is 456 g/mol. The number of hydrogen-bond donors (Lipinski definition) is 1. The Hall–Kier alpha value is -1.79. The van der Waals surface area contributed by atoms with Gasteiger partial charge < -0.3 is 0 Å². The molecule has 128 valence electrons. The van der Waals surface area contributed by atoms with E-state index in [1.165, 1.54) is 0 Å². The summed E-state index contributed by atoms with van der Waals surface area (Å²) in [5.74, 6) is 0. The fourth-order valence-electron chi connectivity index (χ4n) is 2.51. The van der Waals surface area contributed by atoms with Crippen LogP contribution < -0.4 is 4.83 Å². The Morgan fingerprint density at radius 3 is 2.32 bits per heavy atom. The van der Waals surface area contributed by atoms with Gasteiger partial charge >= 0.3 is 25.8 Å². The number of aryl methyl sites for hydroxylation is 2. The second kappa shape index (κ2) is 8.06. The zero-order chi connectivity index (χ0) is 17.2. The second-order valence-electron chi connectivity index (χ2n) is 5.68. The maximum atomic E-state index is 12.3. The molecular formula is C19H21InN2O2S. The van der Waals surface area contributed by atoms with Gasteiger partial charge in [-0.2, -0.15) is 13.5 Å². The normalized spacial score (nSPS) is 11.4. The number of nitrogens with one attached hydrogen (secondary N) is 1. The molecule has 4 nitrogen and oxygen atoms in total. The molecular weight excluding hydrogens is 435 g/mol. The van der Waals surface area contributed by atoms with Crippen LogP contribution in [-0.4, -0.2) is 40.5 Å². The predicted octanol–water partition coefficient (Wildman–Crippen LogP) is 2.59. The summed E-state index contributed by atoms with van der Waals surface area (Å²) in [5, 5.41) is 6.09. The van der Waals surface area contributed by atoms with Crippen molar-refractivity contribution in [2.24, 2.45) is 5.10 Å². The summed E-state index contributed by atoms with van der Waals surface area (Å²) in [4.78, 5) is 2.47. The Balaban J connectivity index is 0.00000225. The first-order chi connectivity index (χ1) is 11.5. The molecule has 0 fully saturated rings. The van der Waals surface area contributed by atoms with E-state index in [1.54, 1.807) is 30.5 Å². The number of hydrazone groups is 1. The van der Waals surface area contributed by atoms with Crippen LogP contribution in [0.25, 0.3) is 10.8 Å². The Morgan fingerprint density at radius 2 is 1.60 bits per heavy atom. The van der Waals surface area contributed by atoms with Crippen molar-refractivity contribution in [3.63, 3.8) is 0 Å². The third-order valence-corrected chi connectivity index (χ3v) is 5.13. The first-order valence-corrected chi connectivity index (χ1v) is 9.05. The van der Waals surface area contributed by atoms with Crippen LogP contribution in [0.15, 0.2) is 70.7 Å². The molecule has 3 rings (SSSR count). The Labute approximate surface area is 166 Å². The van der Waals surface area contributed by atoms with Crippen LogP contribution in [0.4, 0.5) is 0 Å². The fraction of sp³-hybridized carbons (Fsp3) is 0.105. The molecule has 0 saturated heterocycles. The van der Waals surface area contributed by atoms with Crippen LogP contribution in [-0.2, 0) is 10.0 Å². The Bertz CT molecular complexity index is 1010. The van der Waals surface area contributed by atoms with Gasteiger partial charge in [0.15, 0.2) is 0 Å². The van der Waals surface area contributed by atoms with E-state index in [4.69, 9.17) is 0 Å². The average molecular weight is 456 g/mol. The van der Waals surface area contributed by atoms with Crippen molar-refractivity contribution in [1.29, 1.82) is 0 Å². The number of fused-ring (bicyclic) bond motifs is 1. The van der Waals surface area contributed by atoms with Crippen molar-refractivity contribution in [2.45, 2.75) is 18.7 Å². The van der Waals surface area contributed by atoms with E-state index in [-0.39, 0.29) is 30.7 Å². The molecule has 0 unspecified atom stereocenters. The molecule has 0 saturated carbocycles. The topological polar surface area (TPSA) is 58.5 Å². The van der Waals surface area contributed by atoms with Crippen LogP contribution in [0.1, 0.15) is 16.7 Å². The van der Waals surface area contributed by atoms with Crippen molar-refractivity contribution in [2.75, 3.05) is 0 Å². The van der Waals surface area contributed by atoms with Crippen molar-refractivity contribution >= 4 is 52.9 Å². The van der Waals surface area contributed by atoms with E-state index in [9.17, 15) is 8.42 Å². The second-order valence-corrected chi connectivity index (χ2v) is 7.34. The van der Waals surface area contributed by atoms with Gasteiger partial charge in [-0.3, -0.25) is 0 Å². The van der Waals surface area contributed by atoms with Gasteiger partial charge in [0.2, 0.25) is 0 Å². The van der Waals surface area contributed by atoms with E-state index in [2.05, 4.69) is 9.93 Å². The number of rotatable bonds is 4. The average Bonchev–Trinajstić information content (AvgIpc) is 2.57. The summed E-state index contributed by atoms with van der Waals surface area (Å²) < 4.78 is 24.5. The number of benzene rings is 3. The van der Waals surface area contributed by atoms with Gasteiger partial charge in [-0.25, -0.2) is 4.83 Å². The first-order valence-electron chi connectivity index (χ1n) is 7.57. The molecule has 0 radical (unpaired) electrons. The molecule has 3 aromatic rings. The zero-order valence-electron chi connectivity index (χ0n) is 13.5. The SMILES string of the molecule is Cc1ccc(S(=O)(=O)N/N=C/c2c(C)ccc3ccccc23)cc1.[InH3]. The molecule has 0 atom stereocenters. The minimum absolute atomic E-state index is 0. The zero-order valence-corrected chi connectivity index (χ0v) is 14.3. The first kappa shape index (κ1) is 19.5. The van der Waals surface area contributed by atoms with Crippen molar-refractivity contribution in [1.82, 2.24) is 4.83 Å². The van der Waals surface area contributed by atoms with E-state index >= 15 is 0 Å². The summed E-state index contributed by atoms with van der Waals surface area (Å²) in [6.45, 7) is 3.88. The quantitative estimate of drug-likeness (QED) is 0.485. The molecule has 0 aliphatic carbocycles. The van der Waals surface area contributed by atoms with E-state index in [0.717, 1.165) is 27.5 Å². The summed E-state index contributed by atoms with van der Waals surface area (Å²) >= 11 is 0. The van der Waals surface area contributed by atoms with Crippen molar-refractivity contribution in [3.8, 4) is 0 Å². The minimum atomic E-state index is -3.66. The van der Waals surface area contributed by atoms with Gasteiger partial charge in [0.1, 0.15) is 0 Å². The van der Waals surface area contributed by atoms with Crippen LogP contribution in [0.3, 0.4) is 0 Å². The van der Waals surface area contributed by atoms with Crippen LogP contribution in [0, 0.1) is 13.8 Å². The predicted molar refractivity (Wildman–Crippen MR) is 108 cm³/mol. The Morgan fingerprint density at radius 1 is 0.920 bits per heavy atom. The molecule has 1 N–H and O–H groups in total. The molecule has 0 aromatic heterocycles. The van der Waals surface area contributed by atoms with Gasteiger partial charge in [0, 0.05) is 5.56 Å². The van der Waals surface area contributed by atoms with Crippen LogP contribution in [0.2, 0.25) is 0 Å². The molecule has 0 aliphatic heterocycles. The van der Waals surface area contributed by atoms with Gasteiger partial charge in [0.25, 0.3) is 10.0 Å². The number of sulfonamides is 1. The Kier molecular flexibility index (Phi) is 6.30. The van der Waals surface area contributed by atoms with Gasteiger partial charge in [-0.05, 0) is 42.3 Å². The molecule has 0 bridgehead atoms. The van der Waals surface area contributed by atoms with E-state index in [1.807, 2.05) is 50.2 Å². The van der Waals surface area contributed by atoms with Crippen molar-refractivity contribution in [3.05, 3.63) is 77.4 Å². The molecule has 3 aromatic carbocycles. The number of hydrogen-bond acceptors (Lipinski definition) is 3. The van der Waals surface area contributed by atoms with Crippen LogP contribution >= 0.6 is 0 Å². The third kappa shape index (κ3) is 4.44. The summed E-state index contributed by atoms with van der Waals surface area (Å²) in [6, 6.07) is 18.6. The molecule has 0 heterocycles. The molecule has 0 aliphatic rings. The summed E-state index contributed by atoms with van der Waals surface area (Å²) in [7, 11) is -3.66. The van der Waals surface area contributed by atoms with Crippen LogP contribution in [0.5, 0.6) is 0 Å². The summed E-state index contributed by atoms with van der Waals surface area (Å²) in [6.07, 6.45) is 1.56. The molecule has 0 amide bonds. The van der Waals surface area contributed by atoms with Crippen molar-refractivity contribution < 1.29 is 8.42 Å².